The zero-order valence-corrected chi connectivity index (χ0v) is 9.94. The van der Waals surface area contributed by atoms with E-state index in [4.69, 9.17) is 4.74 Å². The van der Waals surface area contributed by atoms with Crippen LogP contribution in [0.15, 0.2) is 16.7 Å². The van der Waals surface area contributed by atoms with Crippen molar-refractivity contribution in [2.75, 3.05) is 18.5 Å². The standard InChI is InChI=1S/C9H10BrN3O3/c10-8-2-1-7(13(14)15)9(12-8)11-5-6-3-4-16-6/h1-2,6H,3-5H2,(H,11,12). The van der Waals surface area contributed by atoms with Gasteiger partial charge in [-0.3, -0.25) is 10.1 Å². The summed E-state index contributed by atoms with van der Waals surface area (Å²) in [5.41, 5.74) is -0.0254. The van der Waals surface area contributed by atoms with Crippen molar-refractivity contribution in [1.82, 2.24) is 4.98 Å². The van der Waals surface area contributed by atoms with E-state index in [0.29, 0.717) is 11.1 Å². The molecule has 0 bridgehead atoms. The molecule has 1 fully saturated rings. The number of ether oxygens (including phenoxy) is 1. The highest BCUT2D eigenvalue weighted by Crippen LogP contribution is 2.24. The highest BCUT2D eigenvalue weighted by molar-refractivity contribution is 9.10. The lowest BCUT2D eigenvalue weighted by molar-refractivity contribution is -0.384. The number of nitro groups is 1. The van der Waals surface area contributed by atoms with Crippen LogP contribution >= 0.6 is 15.9 Å². The van der Waals surface area contributed by atoms with E-state index in [1.807, 2.05) is 0 Å². The Morgan fingerprint density at radius 1 is 1.69 bits per heavy atom. The van der Waals surface area contributed by atoms with Gasteiger partial charge in [0.1, 0.15) is 4.60 Å². The van der Waals surface area contributed by atoms with Crippen LogP contribution in [0.3, 0.4) is 0 Å². The van der Waals surface area contributed by atoms with Gasteiger partial charge >= 0.3 is 5.69 Å². The second-order valence-corrected chi connectivity index (χ2v) is 4.23. The van der Waals surface area contributed by atoms with Gasteiger partial charge < -0.3 is 10.1 Å². The molecule has 7 heteroatoms. The van der Waals surface area contributed by atoms with Crippen LogP contribution in [0.5, 0.6) is 0 Å². The largest absolute Gasteiger partial charge is 0.376 e. The molecule has 2 rings (SSSR count). The molecule has 0 spiro atoms. The van der Waals surface area contributed by atoms with Gasteiger partial charge in [0, 0.05) is 19.2 Å². The molecule has 1 saturated heterocycles. The van der Waals surface area contributed by atoms with Gasteiger partial charge in [-0.25, -0.2) is 4.98 Å². The average molecular weight is 288 g/mol. The number of anilines is 1. The summed E-state index contributed by atoms with van der Waals surface area (Å²) in [6.45, 7) is 1.31. The zero-order chi connectivity index (χ0) is 11.5. The predicted octanol–water partition coefficient (Wildman–Crippen LogP) is 1.95. The van der Waals surface area contributed by atoms with Gasteiger partial charge in [0.2, 0.25) is 5.82 Å². The summed E-state index contributed by atoms with van der Waals surface area (Å²) in [4.78, 5) is 14.3. The van der Waals surface area contributed by atoms with Crippen molar-refractivity contribution in [2.24, 2.45) is 0 Å². The molecule has 86 valence electrons. The van der Waals surface area contributed by atoms with Crippen molar-refractivity contribution >= 4 is 27.4 Å². The third-order valence-corrected chi connectivity index (χ3v) is 2.77. The van der Waals surface area contributed by atoms with E-state index in [9.17, 15) is 10.1 Å². The van der Waals surface area contributed by atoms with E-state index in [1.165, 1.54) is 6.07 Å². The summed E-state index contributed by atoms with van der Waals surface area (Å²) in [6, 6.07) is 2.96. The first-order chi connectivity index (χ1) is 7.66. The SMILES string of the molecule is O=[N+]([O-])c1ccc(Br)nc1NCC1CCO1. The van der Waals surface area contributed by atoms with Gasteiger partial charge in [0.05, 0.1) is 11.0 Å². The predicted molar refractivity (Wildman–Crippen MR) is 61.4 cm³/mol. The van der Waals surface area contributed by atoms with Crippen molar-refractivity contribution in [1.29, 1.82) is 0 Å². The van der Waals surface area contributed by atoms with Gasteiger partial charge in [0.25, 0.3) is 0 Å². The van der Waals surface area contributed by atoms with Gasteiger partial charge in [-0.2, -0.15) is 0 Å². The highest BCUT2D eigenvalue weighted by Gasteiger charge is 2.21. The lowest BCUT2D eigenvalue weighted by Crippen LogP contribution is -2.33. The Bertz CT molecular complexity index is 409. The molecule has 1 unspecified atom stereocenters. The molecule has 1 N–H and O–H groups in total. The molecular weight excluding hydrogens is 278 g/mol. The van der Waals surface area contributed by atoms with Crippen LogP contribution in [0.25, 0.3) is 0 Å². The third-order valence-electron chi connectivity index (χ3n) is 2.33. The first-order valence-electron chi connectivity index (χ1n) is 4.83. The Kier molecular flexibility index (Phi) is 3.35. The Morgan fingerprint density at radius 2 is 2.44 bits per heavy atom. The van der Waals surface area contributed by atoms with Crippen LogP contribution in [-0.2, 0) is 4.74 Å². The van der Waals surface area contributed by atoms with Crippen molar-refractivity contribution in [3.05, 3.63) is 26.9 Å². The molecule has 2 heterocycles. The number of hydrogen-bond acceptors (Lipinski definition) is 5. The van der Waals surface area contributed by atoms with Crippen molar-refractivity contribution < 1.29 is 9.66 Å². The Labute approximate surface area is 100 Å². The molecule has 1 aromatic heterocycles. The van der Waals surface area contributed by atoms with Crippen molar-refractivity contribution in [2.45, 2.75) is 12.5 Å². The average Bonchev–Trinajstić information content (AvgIpc) is 2.14. The van der Waals surface area contributed by atoms with E-state index >= 15 is 0 Å². The molecule has 6 nitrogen and oxygen atoms in total. The fraction of sp³-hybridized carbons (Fsp3) is 0.444. The number of pyridine rings is 1. The molecule has 0 radical (unpaired) electrons. The normalized spacial score (nSPS) is 18.9. The molecule has 1 atom stereocenters. The van der Waals surface area contributed by atoms with Crippen LogP contribution in [0.1, 0.15) is 6.42 Å². The van der Waals surface area contributed by atoms with Crippen LogP contribution in [0, 0.1) is 10.1 Å². The molecule has 0 saturated carbocycles. The first kappa shape index (κ1) is 11.3. The first-order valence-corrected chi connectivity index (χ1v) is 5.62. The molecule has 1 aliphatic heterocycles. The number of nitrogens with one attached hydrogen (secondary N) is 1. The Morgan fingerprint density at radius 3 is 3.00 bits per heavy atom. The van der Waals surface area contributed by atoms with E-state index in [0.717, 1.165) is 13.0 Å². The molecule has 0 aromatic carbocycles. The van der Waals surface area contributed by atoms with Gasteiger partial charge in [0.15, 0.2) is 0 Å². The third kappa shape index (κ3) is 2.48. The fourth-order valence-corrected chi connectivity index (χ4v) is 1.67. The molecular formula is C9H10BrN3O3. The van der Waals surface area contributed by atoms with E-state index < -0.39 is 4.92 Å². The molecule has 1 aliphatic rings. The van der Waals surface area contributed by atoms with Crippen LogP contribution in [-0.4, -0.2) is 29.2 Å². The van der Waals surface area contributed by atoms with Gasteiger partial charge in [-0.1, -0.05) is 0 Å². The molecule has 1 aromatic rings. The maximum Gasteiger partial charge on any atom is 0.311 e. The summed E-state index contributed by atoms with van der Waals surface area (Å²) in [5.74, 6) is 0.273. The quantitative estimate of drug-likeness (QED) is 0.520. The maximum atomic E-state index is 10.7. The van der Waals surface area contributed by atoms with E-state index in [2.05, 4.69) is 26.2 Å². The fourth-order valence-electron chi connectivity index (χ4n) is 1.36. The van der Waals surface area contributed by atoms with Crippen molar-refractivity contribution in [3.63, 3.8) is 0 Å². The molecule has 16 heavy (non-hydrogen) atoms. The van der Waals surface area contributed by atoms with Crippen molar-refractivity contribution in [3.8, 4) is 0 Å². The number of aromatic nitrogens is 1. The maximum absolute atomic E-state index is 10.7. The monoisotopic (exact) mass is 287 g/mol. The van der Waals surface area contributed by atoms with E-state index in [-0.39, 0.29) is 17.6 Å². The number of halogens is 1. The Balaban J connectivity index is 2.09. The van der Waals surface area contributed by atoms with Gasteiger partial charge in [-0.15, -0.1) is 0 Å². The minimum Gasteiger partial charge on any atom is -0.376 e. The van der Waals surface area contributed by atoms with Crippen LogP contribution in [0.2, 0.25) is 0 Å². The summed E-state index contributed by atoms with van der Waals surface area (Å²) in [5, 5.41) is 13.7. The summed E-state index contributed by atoms with van der Waals surface area (Å²) in [6.07, 6.45) is 1.12. The lowest BCUT2D eigenvalue weighted by atomic mass is 10.2. The smallest absolute Gasteiger partial charge is 0.311 e. The topological polar surface area (TPSA) is 77.3 Å². The number of rotatable bonds is 4. The summed E-state index contributed by atoms with van der Waals surface area (Å²) in [7, 11) is 0. The minimum atomic E-state index is -0.455. The van der Waals surface area contributed by atoms with Gasteiger partial charge in [-0.05, 0) is 28.4 Å². The lowest BCUT2D eigenvalue weighted by Gasteiger charge is -2.26. The summed E-state index contributed by atoms with van der Waals surface area (Å²) >= 11 is 3.18. The summed E-state index contributed by atoms with van der Waals surface area (Å²) < 4.78 is 5.78. The van der Waals surface area contributed by atoms with E-state index in [1.54, 1.807) is 6.07 Å². The second-order valence-electron chi connectivity index (χ2n) is 3.42. The molecule has 0 aliphatic carbocycles. The zero-order valence-electron chi connectivity index (χ0n) is 8.35. The van der Waals surface area contributed by atoms with Crippen LogP contribution in [0.4, 0.5) is 11.5 Å². The number of hydrogen-bond donors (Lipinski definition) is 1. The number of nitrogens with zero attached hydrogens (tertiary/aromatic N) is 2. The Hall–Kier alpha value is -1.21. The van der Waals surface area contributed by atoms with Crippen LogP contribution < -0.4 is 5.32 Å². The highest BCUT2D eigenvalue weighted by atomic mass is 79.9. The second kappa shape index (κ2) is 4.75. The minimum absolute atomic E-state index is 0.0254. The molecule has 0 amide bonds.